The van der Waals surface area contributed by atoms with Crippen molar-refractivity contribution >= 4 is 17.2 Å². The van der Waals surface area contributed by atoms with E-state index in [9.17, 15) is 4.79 Å². The Morgan fingerprint density at radius 3 is 2.88 bits per heavy atom. The van der Waals surface area contributed by atoms with Crippen molar-refractivity contribution in [1.82, 2.24) is 4.98 Å². The van der Waals surface area contributed by atoms with Gasteiger partial charge in [-0.05, 0) is 48.2 Å². The van der Waals surface area contributed by atoms with Crippen LogP contribution in [0.1, 0.15) is 36.1 Å². The van der Waals surface area contributed by atoms with Crippen LogP contribution < -0.4 is 5.32 Å². The van der Waals surface area contributed by atoms with Crippen molar-refractivity contribution < 1.29 is 9.90 Å². The zero-order chi connectivity index (χ0) is 17.8. The molecule has 0 amide bonds. The van der Waals surface area contributed by atoms with E-state index in [1.807, 2.05) is 24.3 Å². The molecule has 3 rings (SSSR count). The molecule has 4 nitrogen and oxygen atoms in total. The van der Waals surface area contributed by atoms with Crippen LogP contribution in [0.15, 0.2) is 61.3 Å². The normalized spacial score (nSPS) is 19.3. The Morgan fingerprint density at radius 2 is 2.24 bits per heavy atom. The molecule has 4 heteroatoms. The second kappa shape index (κ2) is 7.34. The number of carboxylic acid groups (broad SMARTS) is 1. The minimum Gasteiger partial charge on any atom is -0.481 e. The Morgan fingerprint density at radius 1 is 1.40 bits per heavy atom. The summed E-state index contributed by atoms with van der Waals surface area (Å²) in [7, 11) is 0. The Labute approximate surface area is 147 Å². The lowest BCUT2D eigenvalue weighted by Crippen LogP contribution is -2.02. The number of aromatic nitrogens is 1. The number of aliphatic carboxylic acids is 1. The van der Waals surface area contributed by atoms with Crippen molar-refractivity contribution in [3.8, 4) is 0 Å². The lowest BCUT2D eigenvalue weighted by molar-refractivity contribution is -0.138. The SMILES string of the molecule is C=C/C=C(\C)c1cccc(CNc2ccc(C3CC3C(=O)O)nc2)c1. The van der Waals surface area contributed by atoms with Crippen LogP contribution in [0, 0.1) is 5.92 Å². The van der Waals surface area contributed by atoms with Crippen LogP contribution in [0.25, 0.3) is 5.57 Å². The quantitative estimate of drug-likeness (QED) is 0.733. The van der Waals surface area contributed by atoms with Crippen LogP contribution in [-0.2, 0) is 11.3 Å². The topological polar surface area (TPSA) is 62.2 Å². The first-order valence-corrected chi connectivity index (χ1v) is 8.39. The molecule has 1 aromatic heterocycles. The first-order chi connectivity index (χ1) is 12.1. The number of nitrogens with zero attached hydrogens (tertiary/aromatic N) is 1. The highest BCUT2D eigenvalue weighted by Crippen LogP contribution is 2.46. The van der Waals surface area contributed by atoms with Gasteiger partial charge in [0.2, 0.25) is 0 Å². The van der Waals surface area contributed by atoms with Gasteiger partial charge in [-0.2, -0.15) is 0 Å². The van der Waals surface area contributed by atoms with Gasteiger partial charge >= 0.3 is 5.97 Å². The predicted molar refractivity (Wildman–Crippen MR) is 100 cm³/mol. The molecule has 0 aliphatic heterocycles. The predicted octanol–water partition coefficient (Wildman–Crippen LogP) is 4.47. The van der Waals surface area contributed by atoms with E-state index in [2.05, 4.69) is 42.0 Å². The fraction of sp³-hybridized carbons (Fsp3) is 0.238. The Bertz CT molecular complexity index is 809. The number of carbonyl (C=O) groups is 1. The molecule has 0 spiro atoms. The molecule has 0 bridgehead atoms. The molecule has 1 aliphatic rings. The zero-order valence-corrected chi connectivity index (χ0v) is 14.3. The summed E-state index contributed by atoms with van der Waals surface area (Å²) in [6, 6.07) is 12.3. The summed E-state index contributed by atoms with van der Waals surface area (Å²) >= 11 is 0. The van der Waals surface area contributed by atoms with Crippen LogP contribution in [0.4, 0.5) is 5.69 Å². The minimum atomic E-state index is -0.727. The van der Waals surface area contributed by atoms with Gasteiger partial charge in [-0.25, -0.2) is 0 Å². The Balaban J connectivity index is 1.61. The van der Waals surface area contributed by atoms with Gasteiger partial charge in [-0.1, -0.05) is 36.9 Å². The summed E-state index contributed by atoms with van der Waals surface area (Å²) in [5.41, 5.74) is 5.35. The number of allylic oxidation sites excluding steroid dienone is 3. The van der Waals surface area contributed by atoms with Crippen molar-refractivity contribution in [3.05, 3.63) is 78.1 Å². The van der Waals surface area contributed by atoms with Crippen LogP contribution in [0.5, 0.6) is 0 Å². The minimum absolute atomic E-state index is 0.0721. The summed E-state index contributed by atoms with van der Waals surface area (Å²) in [6.45, 7) is 6.51. The maximum Gasteiger partial charge on any atom is 0.307 e. The third-order valence-corrected chi connectivity index (χ3v) is 4.52. The molecule has 2 aromatic rings. The standard InChI is InChI=1S/C21H22N2O2/c1-3-5-14(2)16-7-4-6-15(10-16)12-22-17-8-9-20(23-13-17)18-11-19(18)21(24)25/h3-10,13,18-19,22H,1,11-12H2,2H3,(H,24,25)/b14-5+. The first-order valence-electron chi connectivity index (χ1n) is 8.39. The van der Waals surface area contributed by atoms with Crippen LogP contribution >= 0.6 is 0 Å². The molecule has 1 fully saturated rings. The highest BCUT2D eigenvalue weighted by Gasteiger charge is 2.45. The fourth-order valence-electron chi connectivity index (χ4n) is 2.93. The number of hydrogen-bond donors (Lipinski definition) is 2. The smallest absolute Gasteiger partial charge is 0.307 e. The second-order valence-corrected chi connectivity index (χ2v) is 6.40. The average Bonchev–Trinajstić information content (AvgIpc) is 3.42. The van der Waals surface area contributed by atoms with Crippen LogP contribution in [-0.4, -0.2) is 16.1 Å². The maximum absolute atomic E-state index is 10.9. The van der Waals surface area contributed by atoms with Crippen LogP contribution in [0.3, 0.4) is 0 Å². The first kappa shape index (κ1) is 17.0. The number of benzene rings is 1. The number of rotatable bonds is 7. The number of anilines is 1. The van der Waals surface area contributed by atoms with E-state index in [4.69, 9.17) is 5.11 Å². The van der Waals surface area contributed by atoms with Crippen molar-refractivity contribution in [3.63, 3.8) is 0 Å². The summed E-state index contributed by atoms with van der Waals surface area (Å²) in [6.07, 6.45) is 6.26. The molecule has 0 radical (unpaired) electrons. The van der Waals surface area contributed by atoms with Gasteiger partial charge in [0, 0.05) is 18.2 Å². The van der Waals surface area contributed by atoms with E-state index in [1.54, 1.807) is 12.3 Å². The van der Waals surface area contributed by atoms with Crippen molar-refractivity contribution in [2.45, 2.75) is 25.8 Å². The zero-order valence-electron chi connectivity index (χ0n) is 14.3. The third kappa shape index (κ3) is 4.15. The van der Waals surface area contributed by atoms with E-state index in [0.29, 0.717) is 13.0 Å². The van der Waals surface area contributed by atoms with Gasteiger partial charge in [0.1, 0.15) is 0 Å². The Hall–Kier alpha value is -2.88. The summed E-state index contributed by atoms with van der Waals surface area (Å²) < 4.78 is 0. The third-order valence-electron chi connectivity index (χ3n) is 4.52. The fourth-order valence-corrected chi connectivity index (χ4v) is 2.93. The molecular formula is C21H22N2O2. The van der Waals surface area contributed by atoms with Gasteiger partial charge in [0.25, 0.3) is 0 Å². The largest absolute Gasteiger partial charge is 0.481 e. The molecule has 2 atom stereocenters. The molecular weight excluding hydrogens is 312 g/mol. The summed E-state index contributed by atoms with van der Waals surface area (Å²) in [5, 5.41) is 12.4. The molecule has 25 heavy (non-hydrogen) atoms. The molecule has 1 aromatic carbocycles. The number of carboxylic acids is 1. The monoisotopic (exact) mass is 334 g/mol. The van der Waals surface area contributed by atoms with Gasteiger partial charge in [-0.3, -0.25) is 9.78 Å². The van der Waals surface area contributed by atoms with Gasteiger partial charge in [0.15, 0.2) is 0 Å². The van der Waals surface area contributed by atoms with Crippen molar-refractivity contribution in [2.24, 2.45) is 5.92 Å². The van der Waals surface area contributed by atoms with Crippen molar-refractivity contribution in [1.29, 1.82) is 0 Å². The molecule has 1 aliphatic carbocycles. The molecule has 128 valence electrons. The summed E-state index contributed by atoms with van der Waals surface area (Å²) in [5.74, 6) is -0.918. The van der Waals surface area contributed by atoms with E-state index < -0.39 is 5.97 Å². The molecule has 1 saturated carbocycles. The van der Waals surface area contributed by atoms with E-state index >= 15 is 0 Å². The number of hydrogen-bond acceptors (Lipinski definition) is 3. The maximum atomic E-state index is 10.9. The second-order valence-electron chi connectivity index (χ2n) is 6.40. The van der Waals surface area contributed by atoms with Crippen molar-refractivity contribution in [2.75, 3.05) is 5.32 Å². The number of nitrogens with one attached hydrogen (secondary N) is 1. The van der Waals surface area contributed by atoms with E-state index in [-0.39, 0.29) is 11.8 Å². The highest BCUT2D eigenvalue weighted by atomic mass is 16.4. The van der Waals surface area contributed by atoms with Gasteiger partial charge < -0.3 is 10.4 Å². The Kier molecular flexibility index (Phi) is 4.98. The average molecular weight is 334 g/mol. The lowest BCUT2D eigenvalue weighted by atomic mass is 10.0. The van der Waals surface area contributed by atoms with E-state index in [1.165, 1.54) is 16.7 Å². The van der Waals surface area contributed by atoms with E-state index in [0.717, 1.165) is 11.4 Å². The lowest BCUT2D eigenvalue weighted by Gasteiger charge is -2.09. The van der Waals surface area contributed by atoms with Crippen LogP contribution in [0.2, 0.25) is 0 Å². The molecule has 2 unspecified atom stereocenters. The molecule has 0 saturated heterocycles. The molecule has 1 heterocycles. The molecule has 2 N–H and O–H groups in total. The van der Waals surface area contributed by atoms with Gasteiger partial charge in [0.05, 0.1) is 17.8 Å². The summed E-state index contributed by atoms with van der Waals surface area (Å²) in [4.78, 5) is 15.3. The number of pyridine rings is 1. The highest BCUT2D eigenvalue weighted by molar-refractivity contribution is 5.75. The van der Waals surface area contributed by atoms with Gasteiger partial charge in [-0.15, -0.1) is 0 Å².